The second-order valence-electron chi connectivity index (χ2n) is 6.27. The summed E-state index contributed by atoms with van der Waals surface area (Å²) in [6.07, 6.45) is 5.81. The first kappa shape index (κ1) is 18.9. The summed E-state index contributed by atoms with van der Waals surface area (Å²) in [7, 11) is 2.75. The predicted octanol–water partition coefficient (Wildman–Crippen LogP) is 2.55. The van der Waals surface area contributed by atoms with E-state index in [2.05, 4.69) is 0 Å². The fourth-order valence-corrected chi connectivity index (χ4v) is 3.35. The maximum Gasteiger partial charge on any atom is 0.309 e. The Bertz CT molecular complexity index is 416. The molecule has 0 aromatic heterocycles. The van der Waals surface area contributed by atoms with Gasteiger partial charge >= 0.3 is 11.9 Å². The van der Waals surface area contributed by atoms with Crippen LogP contribution in [0.3, 0.4) is 0 Å². The first-order valence-electron chi connectivity index (χ1n) is 8.74. The van der Waals surface area contributed by atoms with Crippen molar-refractivity contribution in [2.45, 2.75) is 63.6 Å². The SMILES string of the molecule is COC(=O)C/C(=C(\CC(=O)OC)C1CCCCO1)C1CCCCO1. The van der Waals surface area contributed by atoms with Gasteiger partial charge in [-0.05, 0) is 49.7 Å². The molecule has 0 bridgehead atoms. The second-order valence-corrected chi connectivity index (χ2v) is 6.27. The minimum atomic E-state index is -0.322. The summed E-state index contributed by atoms with van der Waals surface area (Å²) in [5, 5.41) is 0. The molecule has 2 aliphatic rings. The van der Waals surface area contributed by atoms with Crippen LogP contribution in [0.25, 0.3) is 0 Å². The normalized spacial score (nSPS) is 25.6. The molecule has 0 radical (unpaired) electrons. The average Bonchev–Trinajstić information content (AvgIpc) is 2.65. The van der Waals surface area contributed by atoms with Gasteiger partial charge in [0.25, 0.3) is 0 Å². The number of esters is 2. The van der Waals surface area contributed by atoms with Crippen LogP contribution in [-0.4, -0.2) is 51.6 Å². The fourth-order valence-electron chi connectivity index (χ4n) is 3.35. The zero-order chi connectivity index (χ0) is 17.4. The molecule has 6 heteroatoms. The minimum Gasteiger partial charge on any atom is -0.469 e. The van der Waals surface area contributed by atoms with Crippen molar-refractivity contribution in [2.24, 2.45) is 0 Å². The number of carbonyl (C=O) groups is 2. The highest BCUT2D eigenvalue weighted by Gasteiger charge is 2.30. The van der Waals surface area contributed by atoms with Crippen molar-refractivity contribution in [3.05, 3.63) is 11.1 Å². The Morgan fingerprint density at radius 3 is 1.50 bits per heavy atom. The van der Waals surface area contributed by atoms with E-state index in [0.29, 0.717) is 13.2 Å². The third kappa shape index (κ3) is 5.31. The van der Waals surface area contributed by atoms with Gasteiger partial charge < -0.3 is 18.9 Å². The lowest BCUT2D eigenvalue weighted by molar-refractivity contribution is -0.141. The molecule has 6 nitrogen and oxygen atoms in total. The van der Waals surface area contributed by atoms with Crippen LogP contribution < -0.4 is 0 Å². The summed E-state index contributed by atoms with van der Waals surface area (Å²) in [5.41, 5.74) is 1.69. The summed E-state index contributed by atoms with van der Waals surface area (Å²) < 4.78 is 21.5. The predicted molar refractivity (Wildman–Crippen MR) is 87.5 cm³/mol. The summed E-state index contributed by atoms with van der Waals surface area (Å²) >= 11 is 0. The molecule has 0 N–H and O–H groups in total. The van der Waals surface area contributed by atoms with Crippen molar-refractivity contribution in [3.8, 4) is 0 Å². The smallest absolute Gasteiger partial charge is 0.309 e. The number of hydrogen-bond donors (Lipinski definition) is 0. The third-order valence-corrected chi connectivity index (χ3v) is 4.67. The number of methoxy groups -OCH3 is 2. The molecule has 0 aromatic rings. The van der Waals surface area contributed by atoms with Gasteiger partial charge in [-0.25, -0.2) is 0 Å². The maximum atomic E-state index is 11.9. The van der Waals surface area contributed by atoms with E-state index < -0.39 is 0 Å². The quantitative estimate of drug-likeness (QED) is 0.547. The Morgan fingerprint density at radius 2 is 1.21 bits per heavy atom. The fraction of sp³-hybridized carbons (Fsp3) is 0.778. The molecule has 136 valence electrons. The number of ether oxygens (including phenoxy) is 4. The largest absolute Gasteiger partial charge is 0.469 e. The zero-order valence-corrected chi connectivity index (χ0v) is 14.7. The van der Waals surface area contributed by atoms with Crippen molar-refractivity contribution >= 4 is 11.9 Å². The van der Waals surface area contributed by atoms with E-state index in [1.54, 1.807) is 0 Å². The Balaban J connectivity index is 2.34. The Labute approximate surface area is 143 Å². The van der Waals surface area contributed by atoms with Crippen LogP contribution in [0.4, 0.5) is 0 Å². The monoisotopic (exact) mass is 340 g/mol. The van der Waals surface area contributed by atoms with Crippen LogP contribution in [0.2, 0.25) is 0 Å². The highest BCUT2D eigenvalue weighted by molar-refractivity contribution is 5.76. The molecule has 24 heavy (non-hydrogen) atoms. The van der Waals surface area contributed by atoms with Crippen molar-refractivity contribution in [2.75, 3.05) is 27.4 Å². The lowest BCUT2D eigenvalue weighted by Gasteiger charge is -2.32. The van der Waals surface area contributed by atoms with Gasteiger partial charge in [0.05, 0.1) is 39.3 Å². The standard InChI is InChI=1S/C18H28O6/c1-21-17(19)11-13(15-7-3-5-9-23-15)14(12-18(20)22-2)16-8-4-6-10-24-16/h15-16H,3-12H2,1-2H3/b14-13-. The van der Waals surface area contributed by atoms with E-state index in [4.69, 9.17) is 18.9 Å². The lowest BCUT2D eigenvalue weighted by Crippen LogP contribution is -2.30. The summed E-state index contributed by atoms with van der Waals surface area (Å²) in [6.45, 7) is 1.35. The topological polar surface area (TPSA) is 71.1 Å². The molecule has 2 rings (SSSR count). The highest BCUT2D eigenvalue weighted by atomic mass is 16.5. The van der Waals surface area contributed by atoms with Crippen molar-refractivity contribution in [1.82, 2.24) is 0 Å². The van der Waals surface area contributed by atoms with Crippen molar-refractivity contribution < 1.29 is 28.5 Å². The van der Waals surface area contributed by atoms with Crippen LogP contribution in [0.1, 0.15) is 51.4 Å². The van der Waals surface area contributed by atoms with Gasteiger partial charge in [0.2, 0.25) is 0 Å². The molecule has 2 aliphatic heterocycles. The zero-order valence-electron chi connectivity index (χ0n) is 14.7. The molecule has 2 atom stereocenters. The number of hydrogen-bond acceptors (Lipinski definition) is 6. The van der Waals surface area contributed by atoms with Gasteiger partial charge in [-0.2, -0.15) is 0 Å². The molecule has 2 fully saturated rings. The van der Waals surface area contributed by atoms with Gasteiger partial charge in [-0.1, -0.05) is 0 Å². The summed E-state index contributed by atoms with van der Waals surface area (Å²) in [4.78, 5) is 23.9. The molecule has 2 heterocycles. The number of carbonyl (C=O) groups excluding carboxylic acids is 2. The minimum absolute atomic E-state index is 0.132. The van der Waals surface area contributed by atoms with Crippen molar-refractivity contribution in [3.63, 3.8) is 0 Å². The molecule has 0 saturated carbocycles. The third-order valence-electron chi connectivity index (χ3n) is 4.67. The Hall–Kier alpha value is -1.40. The number of rotatable bonds is 6. The molecule has 0 amide bonds. The van der Waals surface area contributed by atoms with Crippen LogP contribution in [0, 0.1) is 0 Å². The van der Waals surface area contributed by atoms with Crippen LogP contribution in [-0.2, 0) is 28.5 Å². The summed E-state index contributed by atoms with van der Waals surface area (Å²) in [5.74, 6) is -0.644. The van der Waals surface area contributed by atoms with Crippen LogP contribution in [0.15, 0.2) is 11.1 Å². The first-order chi connectivity index (χ1) is 11.7. The van der Waals surface area contributed by atoms with E-state index in [1.165, 1.54) is 14.2 Å². The maximum absolute atomic E-state index is 11.9. The Kier molecular flexibility index (Phi) is 7.72. The molecule has 0 spiro atoms. The van der Waals surface area contributed by atoms with Gasteiger partial charge in [-0.3, -0.25) is 9.59 Å². The molecular weight excluding hydrogens is 312 g/mol. The van der Waals surface area contributed by atoms with Gasteiger partial charge in [0.15, 0.2) is 0 Å². The molecule has 2 unspecified atom stereocenters. The first-order valence-corrected chi connectivity index (χ1v) is 8.74. The molecular formula is C18H28O6. The lowest BCUT2D eigenvalue weighted by atomic mass is 9.87. The second kappa shape index (κ2) is 9.79. The van der Waals surface area contributed by atoms with E-state index in [9.17, 15) is 9.59 Å². The van der Waals surface area contributed by atoms with Crippen LogP contribution in [0.5, 0.6) is 0 Å². The van der Waals surface area contributed by atoms with E-state index in [-0.39, 0.29) is 37.0 Å². The van der Waals surface area contributed by atoms with E-state index >= 15 is 0 Å². The van der Waals surface area contributed by atoms with E-state index in [1.807, 2.05) is 0 Å². The van der Waals surface area contributed by atoms with Crippen molar-refractivity contribution in [1.29, 1.82) is 0 Å². The van der Waals surface area contributed by atoms with E-state index in [0.717, 1.165) is 49.7 Å². The van der Waals surface area contributed by atoms with Gasteiger partial charge in [0.1, 0.15) is 0 Å². The average molecular weight is 340 g/mol. The Morgan fingerprint density at radius 1 is 0.792 bits per heavy atom. The molecule has 0 aromatic carbocycles. The van der Waals surface area contributed by atoms with Gasteiger partial charge in [0, 0.05) is 13.2 Å². The summed E-state index contributed by atoms with van der Waals surface area (Å²) in [6, 6.07) is 0. The molecule has 0 aliphatic carbocycles. The molecule has 2 saturated heterocycles. The van der Waals surface area contributed by atoms with Crippen LogP contribution >= 0.6 is 0 Å². The highest BCUT2D eigenvalue weighted by Crippen LogP contribution is 2.32. The van der Waals surface area contributed by atoms with Gasteiger partial charge in [-0.15, -0.1) is 0 Å².